The van der Waals surface area contributed by atoms with Gasteiger partial charge in [-0.2, -0.15) is 0 Å². The Kier molecular flexibility index (Phi) is 4.52. The van der Waals surface area contributed by atoms with Gasteiger partial charge in [0.15, 0.2) is 0 Å². The van der Waals surface area contributed by atoms with E-state index < -0.39 is 0 Å². The number of methoxy groups -OCH3 is 1. The number of hydrogen-bond acceptors (Lipinski definition) is 2. The lowest BCUT2D eigenvalue weighted by molar-refractivity contribution is 0.409. The molecule has 2 nitrogen and oxygen atoms in total. The highest BCUT2D eigenvalue weighted by Gasteiger charge is 2.08. The molecule has 0 fully saturated rings. The molecule has 0 heterocycles. The summed E-state index contributed by atoms with van der Waals surface area (Å²) in [6, 6.07) is 3.56. The highest BCUT2D eigenvalue weighted by Crippen LogP contribution is 2.32. The number of ether oxygens (including phenoxy) is 1. The van der Waals surface area contributed by atoms with Gasteiger partial charge in [-0.1, -0.05) is 23.2 Å². The summed E-state index contributed by atoms with van der Waals surface area (Å²) in [4.78, 5) is 0. The molecule has 0 saturated heterocycles. The third kappa shape index (κ3) is 2.77. The van der Waals surface area contributed by atoms with E-state index in [1.165, 1.54) is 0 Å². The van der Waals surface area contributed by atoms with Crippen LogP contribution in [-0.4, -0.2) is 20.7 Å². The second-order valence-corrected chi connectivity index (χ2v) is 3.78. The van der Waals surface area contributed by atoms with Crippen molar-refractivity contribution in [3.8, 4) is 5.75 Å². The Bertz CT molecular complexity index is 315. The van der Waals surface area contributed by atoms with Gasteiger partial charge in [-0.15, -0.1) is 0 Å². The standard InChI is InChI=1S/C10H13Cl2NO/c1-13-4-3-7-5-8(11)6-9(12)10(7)14-2/h5-6,13H,3-4H2,1-2H3. The van der Waals surface area contributed by atoms with Gasteiger partial charge >= 0.3 is 0 Å². The highest BCUT2D eigenvalue weighted by molar-refractivity contribution is 6.35. The van der Waals surface area contributed by atoms with Gasteiger partial charge in [0, 0.05) is 5.02 Å². The zero-order valence-electron chi connectivity index (χ0n) is 8.23. The third-order valence-corrected chi connectivity index (χ3v) is 2.43. The van der Waals surface area contributed by atoms with E-state index in [0.29, 0.717) is 15.8 Å². The molecule has 0 spiro atoms. The summed E-state index contributed by atoms with van der Waals surface area (Å²) in [6.07, 6.45) is 0.847. The van der Waals surface area contributed by atoms with Crippen molar-refractivity contribution in [3.63, 3.8) is 0 Å². The third-order valence-electron chi connectivity index (χ3n) is 1.93. The summed E-state index contributed by atoms with van der Waals surface area (Å²) in [7, 11) is 3.51. The van der Waals surface area contributed by atoms with E-state index in [1.807, 2.05) is 13.1 Å². The zero-order chi connectivity index (χ0) is 10.6. The average Bonchev–Trinajstić information content (AvgIpc) is 2.14. The summed E-state index contributed by atoms with van der Waals surface area (Å²) in [6.45, 7) is 0.868. The molecule has 14 heavy (non-hydrogen) atoms. The molecule has 0 aliphatic carbocycles. The van der Waals surface area contributed by atoms with Gasteiger partial charge in [0.25, 0.3) is 0 Å². The smallest absolute Gasteiger partial charge is 0.140 e. The van der Waals surface area contributed by atoms with Crippen molar-refractivity contribution in [3.05, 3.63) is 27.7 Å². The molecule has 0 unspecified atom stereocenters. The molecule has 4 heteroatoms. The maximum atomic E-state index is 5.98. The van der Waals surface area contributed by atoms with Crippen LogP contribution in [0.1, 0.15) is 5.56 Å². The van der Waals surface area contributed by atoms with Crippen LogP contribution in [0.5, 0.6) is 5.75 Å². The van der Waals surface area contributed by atoms with Crippen LogP contribution in [0.2, 0.25) is 10.0 Å². The van der Waals surface area contributed by atoms with Gasteiger partial charge < -0.3 is 10.1 Å². The van der Waals surface area contributed by atoms with E-state index in [2.05, 4.69) is 5.32 Å². The molecule has 0 radical (unpaired) electrons. The average molecular weight is 234 g/mol. The Balaban J connectivity index is 2.99. The largest absolute Gasteiger partial charge is 0.495 e. The second kappa shape index (κ2) is 5.44. The minimum atomic E-state index is 0.561. The summed E-state index contributed by atoms with van der Waals surface area (Å²) >= 11 is 11.9. The van der Waals surface area contributed by atoms with Crippen LogP contribution in [0.25, 0.3) is 0 Å². The van der Waals surface area contributed by atoms with E-state index in [0.717, 1.165) is 18.5 Å². The van der Waals surface area contributed by atoms with Crippen molar-refractivity contribution in [2.45, 2.75) is 6.42 Å². The van der Waals surface area contributed by atoms with E-state index in [-0.39, 0.29) is 0 Å². The molecule has 1 aromatic rings. The highest BCUT2D eigenvalue weighted by atomic mass is 35.5. The molecule has 0 amide bonds. The van der Waals surface area contributed by atoms with Crippen LogP contribution in [-0.2, 0) is 6.42 Å². The molecule has 0 saturated carbocycles. The first-order valence-electron chi connectivity index (χ1n) is 4.35. The molecule has 78 valence electrons. The summed E-state index contributed by atoms with van der Waals surface area (Å²) < 4.78 is 5.21. The van der Waals surface area contributed by atoms with Gasteiger partial charge in [-0.05, 0) is 37.7 Å². The van der Waals surface area contributed by atoms with Crippen LogP contribution >= 0.6 is 23.2 Å². The van der Waals surface area contributed by atoms with E-state index in [1.54, 1.807) is 13.2 Å². The Morgan fingerprint density at radius 2 is 2.07 bits per heavy atom. The molecule has 0 aromatic heterocycles. The molecule has 1 rings (SSSR count). The van der Waals surface area contributed by atoms with Crippen molar-refractivity contribution in [1.82, 2.24) is 5.32 Å². The molecular formula is C10H13Cl2NO. The maximum absolute atomic E-state index is 5.98. The van der Waals surface area contributed by atoms with Gasteiger partial charge in [0.05, 0.1) is 12.1 Å². The van der Waals surface area contributed by atoms with Gasteiger partial charge in [0.1, 0.15) is 5.75 Å². The fourth-order valence-corrected chi connectivity index (χ4v) is 1.90. The van der Waals surface area contributed by atoms with Crippen LogP contribution in [0.15, 0.2) is 12.1 Å². The topological polar surface area (TPSA) is 21.3 Å². The van der Waals surface area contributed by atoms with Gasteiger partial charge in [0.2, 0.25) is 0 Å². The van der Waals surface area contributed by atoms with Crippen molar-refractivity contribution in [2.75, 3.05) is 20.7 Å². The molecule has 1 N–H and O–H groups in total. The van der Waals surface area contributed by atoms with Crippen LogP contribution in [0.4, 0.5) is 0 Å². The van der Waals surface area contributed by atoms with Crippen molar-refractivity contribution >= 4 is 23.2 Å². The number of rotatable bonds is 4. The van der Waals surface area contributed by atoms with Crippen LogP contribution in [0.3, 0.4) is 0 Å². The Morgan fingerprint density at radius 1 is 1.36 bits per heavy atom. The Labute approximate surface area is 94.2 Å². The fraction of sp³-hybridized carbons (Fsp3) is 0.400. The molecule has 0 atom stereocenters. The van der Waals surface area contributed by atoms with Crippen molar-refractivity contribution in [2.24, 2.45) is 0 Å². The van der Waals surface area contributed by atoms with Crippen molar-refractivity contribution in [1.29, 1.82) is 0 Å². The predicted octanol–water partition coefficient (Wildman–Crippen LogP) is 2.76. The minimum Gasteiger partial charge on any atom is -0.495 e. The van der Waals surface area contributed by atoms with Crippen molar-refractivity contribution < 1.29 is 4.74 Å². The van der Waals surface area contributed by atoms with E-state index in [9.17, 15) is 0 Å². The predicted molar refractivity (Wildman–Crippen MR) is 60.6 cm³/mol. The number of hydrogen-bond donors (Lipinski definition) is 1. The maximum Gasteiger partial charge on any atom is 0.140 e. The molecule has 0 bridgehead atoms. The lowest BCUT2D eigenvalue weighted by Gasteiger charge is -2.10. The van der Waals surface area contributed by atoms with Crippen LogP contribution < -0.4 is 10.1 Å². The van der Waals surface area contributed by atoms with E-state index in [4.69, 9.17) is 27.9 Å². The quantitative estimate of drug-likeness (QED) is 0.864. The first-order chi connectivity index (χ1) is 6.69. The summed E-state index contributed by atoms with van der Waals surface area (Å²) in [5.41, 5.74) is 1.03. The van der Waals surface area contributed by atoms with E-state index >= 15 is 0 Å². The second-order valence-electron chi connectivity index (χ2n) is 2.93. The van der Waals surface area contributed by atoms with Crippen LogP contribution in [0, 0.1) is 0 Å². The molecule has 0 aliphatic heterocycles. The Morgan fingerprint density at radius 3 is 2.64 bits per heavy atom. The first-order valence-corrected chi connectivity index (χ1v) is 5.11. The monoisotopic (exact) mass is 233 g/mol. The lowest BCUT2D eigenvalue weighted by atomic mass is 10.1. The molecule has 0 aliphatic rings. The minimum absolute atomic E-state index is 0.561. The normalized spacial score (nSPS) is 10.3. The number of likely N-dealkylation sites (N-methyl/N-ethyl adjacent to an activating group) is 1. The summed E-state index contributed by atoms with van der Waals surface area (Å²) in [5, 5.41) is 4.27. The first kappa shape index (κ1) is 11.6. The summed E-state index contributed by atoms with van der Waals surface area (Å²) in [5.74, 6) is 0.714. The number of halogens is 2. The van der Waals surface area contributed by atoms with Gasteiger partial charge in [-0.3, -0.25) is 0 Å². The molecular weight excluding hydrogens is 221 g/mol. The number of nitrogens with one attached hydrogen (secondary N) is 1. The fourth-order valence-electron chi connectivity index (χ4n) is 1.29. The Hall–Kier alpha value is -0.440. The zero-order valence-corrected chi connectivity index (χ0v) is 9.74. The van der Waals surface area contributed by atoms with Gasteiger partial charge in [-0.25, -0.2) is 0 Å². The lowest BCUT2D eigenvalue weighted by Crippen LogP contribution is -2.11. The number of benzene rings is 1. The SMILES string of the molecule is CNCCc1cc(Cl)cc(Cl)c1OC. The molecule has 1 aromatic carbocycles.